The van der Waals surface area contributed by atoms with E-state index in [2.05, 4.69) is 19.9 Å². The van der Waals surface area contributed by atoms with Gasteiger partial charge in [-0.25, -0.2) is 4.79 Å². The summed E-state index contributed by atoms with van der Waals surface area (Å²) in [5.74, 6) is 0.683. The molecule has 0 aromatic rings. The number of hydrogen-bond donors (Lipinski definition) is 2. The zero-order chi connectivity index (χ0) is 19.0. The van der Waals surface area contributed by atoms with E-state index in [0.29, 0.717) is 12.5 Å². The Hall–Kier alpha value is -1.39. The van der Waals surface area contributed by atoms with Crippen LogP contribution in [-0.4, -0.2) is 34.5 Å². The lowest BCUT2D eigenvalue weighted by Gasteiger charge is -2.61. The maximum Gasteiger partial charge on any atom is 0.331 e. The molecule has 1 heterocycles. The third-order valence-corrected chi connectivity index (χ3v) is 8.98. The van der Waals surface area contributed by atoms with Crippen LogP contribution in [0.4, 0.5) is 0 Å². The Balaban J connectivity index is 1.51. The van der Waals surface area contributed by atoms with Crippen molar-refractivity contribution in [2.75, 3.05) is 6.61 Å². The fourth-order valence-corrected chi connectivity index (χ4v) is 7.47. The number of hydrogen-bond acceptors (Lipinski definition) is 4. The highest BCUT2D eigenvalue weighted by atomic mass is 16.5. The smallest absolute Gasteiger partial charge is 0.331 e. The zero-order valence-corrected chi connectivity index (χ0v) is 16.3. The monoisotopic (exact) mass is 370 g/mol. The molecule has 2 N–H and O–H groups in total. The van der Waals surface area contributed by atoms with Crippen LogP contribution in [-0.2, 0) is 9.53 Å². The average Bonchev–Trinajstić information content (AvgIpc) is 3.16. The van der Waals surface area contributed by atoms with Gasteiger partial charge >= 0.3 is 5.97 Å². The standard InChI is InChI=1S/C23H30O4/c1-21-8-5-16(24)12-15(21)3-4-19-18(21)6-9-22(2)17(7-10-23(19,22)26)14-11-20(25)27-13-14/h5,8,11-12,16-19,24,26H,3-4,6-7,9-10,13H2,1-2H3/t16-,17+,18-,19+,21-,22+,23-/m0/s1. The van der Waals surface area contributed by atoms with Crippen LogP contribution in [0.3, 0.4) is 0 Å². The average molecular weight is 370 g/mol. The van der Waals surface area contributed by atoms with Crippen LogP contribution in [0.1, 0.15) is 52.4 Å². The Labute approximate surface area is 161 Å². The van der Waals surface area contributed by atoms with E-state index < -0.39 is 11.7 Å². The summed E-state index contributed by atoms with van der Waals surface area (Å²) >= 11 is 0. The van der Waals surface area contributed by atoms with E-state index in [1.807, 2.05) is 12.2 Å². The predicted octanol–water partition coefficient (Wildman–Crippen LogP) is 3.30. The van der Waals surface area contributed by atoms with Gasteiger partial charge in [0.05, 0.1) is 11.7 Å². The van der Waals surface area contributed by atoms with E-state index in [4.69, 9.17) is 4.74 Å². The van der Waals surface area contributed by atoms with Crippen LogP contribution in [0, 0.1) is 28.6 Å². The molecule has 5 aliphatic rings. The number of rotatable bonds is 1. The second kappa shape index (κ2) is 5.57. The molecule has 0 spiro atoms. The van der Waals surface area contributed by atoms with Crippen molar-refractivity contribution in [2.45, 2.75) is 64.1 Å². The first-order valence-electron chi connectivity index (χ1n) is 10.5. The van der Waals surface area contributed by atoms with Crippen LogP contribution in [0.15, 0.2) is 35.5 Å². The maximum atomic E-state index is 12.1. The van der Waals surface area contributed by atoms with Gasteiger partial charge in [-0.3, -0.25) is 0 Å². The summed E-state index contributed by atoms with van der Waals surface area (Å²) in [7, 11) is 0. The predicted molar refractivity (Wildman–Crippen MR) is 102 cm³/mol. The van der Waals surface area contributed by atoms with Gasteiger partial charge in [0.15, 0.2) is 0 Å². The normalized spacial score (nSPS) is 51.0. The van der Waals surface area contributed by atoms with E-state index in [1.54, 1.807) is 6.08 Å². The molecule has 0 saturated heterocycles. The molecule has 3 fully saturated rings. The summed E-state index contributed by atoms with van der Waals surface area (Å²) in [5, 5.41) is 22.1. The third-order valence-electron chi connectivity index (χ3n) is 8.98. The molecule has 5 rings (SSSR count). The highest BCUT2D eigenvalue weighted by Crippen LogP contribution is 2.68. The topological polar surface area (TPSA) is 66.8 Å². The second-order valence-corrected chi connectivity index (χ2v) is 9.87. The Bertz CT molecular complexity index is 779. The van der Waals surface area contributed by atoms with E-state index in [1.165, 1.54) is 5.57 Å². The maximum absolute atomic E-state index is 12.1. The summed E-state index contributed by atoms with van der Waals surface area (Å²) in [5.41, 5.74) is 1.50. The lowest BCUT2D eigenvalue weighted by atomic mass is 9.46. The van der Waals surface area contributed by atoms with Crippen molar-refractivity contribution in [3.63, 3.8) is 0 Å². The van der Waals surface area contributed by atoms with Crippen LogP contribution in [0.2, 0.25) is 0 Å². The van der Waals surface area contributed by atoms with Crippen molar-refractivity contribution in [1.82, 2.24) is 0 Å². The Morgan fingerprint density at radius 2 is 1.96 bits per heavy atom. The lowest BCUT2D eigenvalue weighted by Crippen LogP contribution is -2.60. The fraction of sp³-hybridized carbons (Fsp3) is 0.696. The molecule has 0 radical (unpaired) electrons. The first-order chi connectivity index (χ1) is 12.8. The minimum atomic E-state index is -0.689. The van der Waals surface area contributed by atoms with Crippen LogP contribution in [0.25, 0.3) is 0 Å². The summed E-state index contributed by atoms with van der Waals surface area (Å²) in [6, 6.07) is 0. The second-order valence-electron chi connectivity index (χ2n) is 9.87. The van der Waals surface area contributed by atoms with Gasteiger partial charge in [-0.15, -0.1) is 0 Å². The molecular weight excluding hydrogens is 340 g/mol. The zero-order valence-electron chi connectivity index (χ0n) is 16.3. The number of ether oxygens (including phenoxy) is 1. The van der Waals surface area contributed by atoms with Crippen molar-refractivity contribution < 1.29 is 19.7 Å². The number of allylic oxidation sites excluding steroid dienone is 2. The molecule has 3 saturated carbocycles. The molecule has 1 aliphatic heterocycles. The van der Waals surface area contributed by atoms with Crippen molar-refractivity contribution in [2.24, 2.45) is 28.6 Å². The number of carbonyl (C=O) groups is 1. The SMILES string of the molecule is C[C@]12C=C[C@H](O)C=C1CC[C@@H]1[C@@H]2CC[C@]2(C)[C@@H](C3=CC(=O)OC3)CC[C@]12O. The molecule has 0 bridgehead atoms. The van der Waals surface area contributed by atoms with Gasteiger partial charge in [0.25, 0.3) is 0 Å². The van der Waals surface area contributed by atoms with Gasteiger partial charge in [-0.1, -0.05) is 37.6 Å². The highest BCUT2D eigenvalue weighted by Gasteiger charge is 2.66. The summed E-state index contributed by atoms with van der Waals surface area (Å²) in [6.45, 7) is 4.94. The third kappa shape index (κ3) is 2.20. The number of aliphatic hydroxyl groups excluding tert-OH is 1. The minimum Gasteiger partial charge on any atom is -0.458 e. The van der Waals surface area contributed by atoms with Gasteiger partial charge in [0, 0.05) is 16.9 Å². The van der Waals surface area contributed by atoms with E-state index in [9.17, 15) is 15.0 Å². The number of carbonyl (C=O) groups excluding carboxylic acids is 1. The molecule has 4 aliphatic carbocycles. The molecular formula is C23H30O4. The molecule has 0 aromatic carbocycles. The minimum absolute atomic E-state index is 0.0526. The van der Waals surface area contributed by atoms with Gasteiger partial charge in [-0.05, 0) is 61.9 Å². The van der Waals surface area contributed by atoms with E-state index in [0.717, 1.165) is 44.1 Å². The molecule has 4 nitrogen and oxygen atoms in total. The molecule has 0 amide bonds. The van der Waals surface area contributed by atoms with Crippen molar-refractivity contribution in [1.29, 1.82) is 0 Å². The Morgan fingerprint density at radius 1 is 1.15 bits per heavy atom. The van der Waals surface area contributed by atoms with Gasteiger partial charge in [0.1, 0.15) is 6.61 Å². The first-order valence-corrected chi connectivity index (χ1v) is 10.5. The lowest BCUT2D eigenvalue weighted by molar-refractivity contribution is -0.175. The molecule has 0 aromatic heterocycles. The Kier molecular flexibility index (Phi) is 3.65. The number of aliphatic hydroxyl groups is 2. The van der Waals surface area contributed by atoms with Gasteiger partial charge in [-0.2, -0.15) is 0 Å². The summed E-state index contributed by atoms with van der Waals surface area (Å²) in [6.07, 6.45) is 13.1. The fourth-order valence-electron chi connectivity index (χ4n) is 7.47. The van der Waals surface area contributed by atoms with Crippen LogP contribution in [0.5, 0.6) is 0 Å². The first kappa shape index (κ1) is 17.7. The number of cyclic esters (lactones) is 1. The van der Waals surface area contributed by atoms with Crippen molar-refractivity contribution >= 4 is 5.97 Å². The summed E-state index contributed by atoms with van der Waals surface area (Å²) in [4.78, 5) is 11.6. The highest BCUT2D eigenvalue weighted by molar-refractivity contribution is 5.85. The molecule has 146 valence electrons. The molecule has 27 heavy (non-hydrogen) atoms. The quantitative estimate of drug-likeness (QED) is 0.549. The number of esters is 1. The van der Waals surface area contributed by atoms with Crippen LogP contribution >= 0.6 is 0 Å². The van der Waals surface area contributed by atoms with Crippen molar-refractivity contribution in [3.05, 3.63) is 35.5 Å². The Morgan fingerprint density at radius 3 is 2.70 bits per heavy atom. The van der Waals surface area contributed by atoms with E-state index in [-0.39, 0.29) is 28.6 Å². The van der Waals surface area contributed by atoms with Crippen molar-refractivity contribution in [3.8, 4) is 0 Å². The summed E-state index contributed by atoms with van der Waals surface area (Å²) < 4.78 is 5.19. The van der Waals surface area contributed by atoms with Gasteiger partial charge in [0.2, 0.25) is 0 Å². The molecule has 4 heteroatoms. The van der Waals surface area contributed by atoms with Gasteiger partial charge < -0.3 is 14.9 Å². The number of fused-ring (bicyclic) bond motifs is 5. The molecule has 0 unspecified atom stereocenters. The largest absolute Gasteiger partial charge is 0.458 e. The van der Waals surface area contributed by atoms with Crippen LogP contribution < -0.4 is 0 Å². The van der Waals surface area contributed by atoms with E-state index >= 15 is 0 Å². The molecule has 7 atom stereocenters.